The van der Waals surface area contributed by atoms with E-state index in [1.54, 1.807) is 0 Å². The van der Waals surface area contributed by atoms with Crippen molar-refractivity contribution < 1.29 is 0 Å². The highest BCUT2D eigenvalue weighted by Gasteiger charge is 2.31. The van der Waals surface area contributed by atoms with Gasteiger partial charge in [0.2, 0.25) is 0 Å². The smallest absolute Gasteiger partial charge is 0.295 e. The second-order valence-electron chi connectivity index (χ2n) is 10.2. The van der Waals surface area contributed by atoms with Gasteiger partial charge in [0.25, 0.3) is 0 Å². The topological polar surface area (TPSA) is 94.3 Å². The third-order valence-corrected chi connectivity index (χ3v) is 7.63. The van der Waals surface area contributed by atoms with Crippen molar-refractivity contribution in [1.82, 2.24) is 34.7 Å². The molecule has 3 aromatic heterocycles. The highest BCUT2D eigenvalue weighted by atomic mass is 16.1. The van der Waals surface area contributed by atoms with E-state index < -0.39 is 0 Å². The van der Waals surface area contributed by atoms with Gasteiger partial charge in [-0.1, -0.05) is 51.8 Å². The maximum Gasteiger partial charge on any atom is 0.328 e. The Kier molecular flexibility index (Phi) is 7.11. The number of hydrogen-bond acceptors (Lipinski definition) is 5. The summed E-state index contributed by atoms with van der Waals surface area (Å²) >= 11 is 0. The van der Waals surface area contributed by atoms with Crippen LogP contribution in [0.2, 0.25) is 0 Å². The Bertz CT molecular complexity index is 1340. The Morgan fingerprint density at radius 2 is 1.83 bits per heavy atom. The number of imidazole rings is 1. The third-order valence-electron chi connectivity index (χ3n) is 7.63. The first-order chi connectivity index (χ1) is 17.5. The van der Waals surface area contributed by atoms with Crippen LogP contribution < -0.4 is 5.69 Å². The molecular weight excluding hydrogens is 450 g/mol. The first-order valence-corrected chi connectivity index (χ1v) is 13.1. The van der Waals surface area contributed by atoms with E-state index in [9.17, 15) is 4.79 Å². The van der Waals surface area contributed by atoms with Crippen LogP contribution in [0.25, 0.3) is 22.5 Å². The highest BCUT2D eigenvalue weighted by Crippen LogP contribution is 2.37. The maximum absolute atomic E-state index is 13.8. The maximum atomic E-state index is 13.8. The summed E-state index contributed by atoms with van der Waals surface area (Å²) in [6, 6.07) is 12.4. The molecule has 0 saturated heterocycles. The van der Waals surface area contributed by atoms with Crippen molar-refractivity contribution >= 4 is 0 Å². The number of H-pyrrole nitrogens is 1. The molecule has 1 fully saturated rings. The second-order valence-corrected chi connectivity index (χ2v) is 10.2. The van der Waals surface area contributed by atoms with Gasteiger partial charge in [-0.05, 0) is 77.3 Å². The van der Waals surface area contributed by atoms with E-state index in [1.807, 2.05) is 33.5 Å². The molecule has 2 unspecified atom stereocenters. The van der Waals surface area contributed by atoms with Crippen molar-refractivity contribution in [2.45, 2.75) is 71.9 Å². The first kappa shape index (κ1) is 24.2. The van der Waals surface area contributed by atoms with Crippen LogP contribution in [0.5, 0.6) is 0 Å². The molecule has 5 rings (SSSR count). The van der Waals surface area contributed by atoms with E-state index in [-0.39, 0.29) is 11.7 Å². The number of pyridine rings is 1. The SMILES string of the molecule is CCCCc1cn(C2C(C)CCCC2C)c(=O)n1Cc1cc(-c2cccc(-c3nnn[nH]3)c2)ccn1. The quantitative estimate of drug-likeness (QED) is 0.366. The van der Waals surface area contributed by atoms with Crippen LogP contribution >= 0.6 is 0 Å². The predicted molar refractivity (Wildman–Crippen MR) is 140 cm³/mol. The number of unbranched alkanes of at least 4 members (excludes halogenated alkanes) is 1. The summed E-state index contributed by atoms with van der Waals surface area (Å²) in [5.41, 5.74) is 5.10. The van der Waals surface area contributed by atoms with E-state index >= 15 is 0 Å². The van der Waals surface area contributed by atoms with E-state index in [1.165, 1.54) is 19.3 Å². The van der Waals surface area contributed by atoms with E-state index in [4.69, 9.17) is 0 Å². The van der Waals surface area contributed by atoms with Crippen molar-refractivity contribution in [1.29, 1.82) is 0 Å². The Labute approximate surface area is 211 Å². The van der Waals surface area contributed by atoms with Crippen LogP contribution in [0.15, 0.2) is 53.6 Å². The Morgan fingerprint density at radius 1 is 1.06 bits per heavy atom. The molecule has 0 aliphatic heterocycles. The lowest BCUT2D eigenvalue weighted by molar-refractivity contribution is 0.179. The number of aromatic amines is 1. The van der Waals surface area contributed by atoms with Gasteiger partial charge in [-0.3, -0.25) is 14.1 Å². The monoisotopic (exact) mass is 485 g/mol. The fraction of sp³-hybridized carbons (Fsp3) is 0.464. The molecule has 1 saturated carbocycles. The molecule has 4 aromatic rings. The zero-order chi connectivity index (χ0) is 25.1. The normalized spacial score (nSPS) is 20.0. The van der Waals surface area contributed by atoms with Gasteiger partial charge in [-0.15, -0.1) is 5.10 Å². The van der Waals surface area contributed by atoms with Crippen molar-refractivity contribution in [2.75, 3.05) is 0 Å². The fourth-order valence-electron chi connectivity index (χ4n) is 5.73. The van der Waals surface area contributed by atoms with Crippen LogP contribution in [0.1, 0.15) is 70.3 Å². The molecule has 1 aliphatic carbocycles. The zero-order valence-corrected chi connectivity index (χ0v) is 21.4. The number of rotatable bonds is 8. The Hall–Kier alpha value is -3.55. The summed E-state index contributed by atoms with van der Waals surface area (Å²) in [5.74, 6) is 1.65. The van der Waals surface area contributed by atoms with Crippen LogP contribution in [-0.2, 0) is 13.0 Å². The van der Waals surface area contributed by atoms with E-state index in [2.05, 4.69) is 70.8 Å². The summed E-state index contributed by atoms with van der Waals surface area (Å²) in [5, 5.41) is 14.2. The molecule has 8 heteroatoms. The summed E-state index contributed by atoms with van der Waals surface area (Å²) in [6.07, 6.45) is 10.7. The molecule has 1 N–H and O–H groups in total. The number of tetrazole rings is 1. The van der Waals surface area contributed by atoms with Crippen LogP contribution in [0.4, 0.5) is 0 Å². The van der Waals surface area contributed by atoms with Crippen molar-refractivity contribution in [3.8, 4) is 22.5 Å². The molecule has 2 atom stereocenters. The minimum atomic E-state index is 0.0960. The number of hydrogen-bond donors (Lipinski definition) is 1. The van der Waals surface area contributed by atoms with E-state index in [0.29, 0.717) is 24.2 Å². The van der Waals surface area contributed by atoms with Gasteiger partial charge in [0.15, 0.2) is 5.82 Å². The fourth-order valence-corrected chi connectivity index (χ4v) is 5.73. The summed E-state index contributed by atoms with van der Waals surface area (Å²) < 4.78 is 3.99. The largest absolute Gasteiger partial charge is 0.328 e. The van der Waals surface area contributed by atoms with Crippen LogP contribution in [-0.4, -0.2) is 34.7 Å². The average molecular weight is 486 g/mol. The lowest BCUT2D eigenvalue weighted by atomic mass is 9.78. The zero-order valence-electron chi connectivity index (χ0n) is 21.4. The second kappa shape index (κ2) is 10.6. The molecule has 36 heavy (non-hydrogen) atoms. The molecule has 0 bridgehead atoms. The first-order valence-electron chi connectivity index (χ1n) is 13.1. The summed E-state index contributed by atoms with van der Waals surface area (Å²) in [7, 11) is 0. The number of aromatic nitrogens is 7. The lowest BCUT2D eigenvalue weighted by Crippen LogP contribution is -2.35. The number of nitrogens with zero attached hydrogens (tertiary/aromatic N) is 6. The van der Waals surface area contributed by atoms with Crippen LogP contribution in [0.3, 0.4) is 0 Å². The molecular formula is C28H35N7O. The minimum absolute atomic E-state index is 0.0960. The number of nitrogens with one attached hydrogen (secondary N) is 1. The number of aryl methyl sites for hydroxylation is 1. The van der Waals surface area contributed by atoms with E-state index in [0.717, 1.165) is 47.3 Å². The Morgan fingerprint density at radius 3 is 2.58 bits per heavy atom. The van der Waals surface area contributed by atoms with Crippen molar-refractivity contribution in [2.24, 2.45) is 11.8 Å². The number of benzene rings is 1. The van der Waals surface area contributed by atoms with Gasteiger partial charge in [-0.2, -0.15) is 0 Å². The Balaban J connectivity index is 1.47. The molecule has 0 spiro atoms. The predicted octanol–water partition coefficient (Wildman–Crippen LogP) is 5.28. The standard InChI is InChI=1S/C28H35N7O/c1-4-5-12-25-18-35(26-19(2)8-6-9-20(26)3)28(36)34(25)17-24-16-22(13-14-29-24)21-10-7-11-23(15-21)27-30-32-33-31-27/h7,10-11,13-16,18-20,26H,4-6,8-9,12,17H2,1-3H3,(H,30,31,32,33). The van der Waals surface area contributed by atoms with Crippen LogP contribution in [0, 0.1) is 11.8 Å². The highest BCUT2D eigenvalue weighted by molar-refractivity contribution is 5.70. The van der Waals surface area contributed by atoms with Crippen molar-refractivity contribution in [3.63, 3.8) is 0 Å². The molecule has 8 nitrogen and oxygen atoms in total. The third kappa shape index (κ3) is 4.90. The van der Waals surface area contributed by atoms with Gasteiger partial charge in [0.1, 0.15) is 0 Å². The molecule has 0 radical (unpaired) electrons. The summed E-state index contributed by atoms with van der Waals surface area (Å²) in [4.78, 5) is 18.4. The molecule has 188 valence electrons. The molecule has 3 heterocycles. The average Bonchev–Trinajstić information content (AvgIpc) is 3.53. The van der Waals surface area contributed by atoms with Gasteiger partial charge in [0, 0.05) is 29.7 Å². The van der Waals surface area contributed by atoms with Gasteiger partial charge in [0.05, 0.1) is 12.2 Å². The molecule has 1 aromatic carbocycles. The minimum Gasteiger partial charge on any atom is -0.295 e. The van der Waals surface area contributed by atoms with Gasteiger partial charge >= 0.3 is 5.69 Å². The summed E-state index contributed by atoms with van der Waals surface area (Å²) in [6.45, 7) is 7.26. The molecule has 1 aliphatic rings. The molecule has 0 amide bonds. The van der Waals surface area contributed by atoms with Gasteiger partial charge in [-0.25, -0.2) is 9.89 Å². The van der Waals surface area contributed by atoms with Gasteiger partial charge < -0.3 is 0 Å². The van der Waals surface area contributed by atoms with Crippen molar-refractivity contribution in [3.05, 3.63) is 70.7 Å². The lowest BCUT2D eigenvalue weighted by Gasteiger charge is -2.34.